The van der Waals surface area contributed by atoms with Crippen LogP contribution in [0.2, 0.25) is 0 Å². The molecule has 9 heavy (non-hydrogen) atoms. The maximum Gasteiger partial charge on any atom is 0.306 e. The molecule has 0 spiro atoms. The molecule has 0 amide bonds. The Morgan fingerprint density at radius 2 is 2.56 bits per heavy atom. The van der Waals surface area contributed by atoms with Gasteiger partial charge in [0, 0.05) is 6.42 Å². The maximum atomic E-state index is 12.3. The van der Waals surface area contributed by atoms with Crippen molar-refractivity contribution < 1.29 is 13.9 Å². The van der Waals surface area contributed by atoms with Crippen LogP contribution in [0.15, 0.2) is 0 Å². The number of halogens is 1. The molecule has 2 atom stereocenters. The number of carbonyl (C=O) groups excluding carboxylic acids is 1. The number of esters is 1. The number of ether oxygens (including phenoxy) is 1. The van der Waals surface area contributed by atoms with Crippen molar-refractivity contribution >= 4 is 5.97 Å². The van der Waals surface area contributed by atoms with Gasteiger partial charge in [-0.2, -0.15) is 0 Å². The van der Waals surface area contributed by atoms with Gasteiger partial charge in [-0.25, -0.2) is 4.39 Å². The van der Waals surface area contributed by atoms with Crippen LogP contribution in [0.3, 0.4) is 0 Å². The van der Waals surface area contributed by atoms with Gasteiger partial charge in [0.2, 0.25) is 0 Å². The lowest BCUT2D eigenvalue weighted by Gasteiger charge is -2.08. The van der Waals surface area contributed by atoms with Crippen LogP contribution in [-0.2, 0) is 9.53 Å². The van der Waals surface area contributed by atoms with E-state index in [1.165, 1.54) is 6.92 Å². The Hall–Kier alpha value is -0.600. The fraction of sp³-hybridized carbons (Fsp3) is 0.833. The van der Waals surface area contributed by atoms with E-state index in [4.69, 9.17) is 0 Å². The highest BCUT2D eigenvalue weighted by Crippen LogP contribution is 2.18. The molecule has 1 saturated heterocycles. The SMILES string of the molecule is C[C@@H](F)[C@H]1CCC(=O)O1. The average Bonchev–Trinajstić information content (AvgIpc) is 2.14. The molecular weight excluding hydrogens is 123 g/mol. The number of alkyl halides is 1. The summed E-state index contributed by atoms with van der Waals surface area (Å²) in [6, 6.07) is 0. The normalized spacial score (nSPS) is 30.0. The second-order valence-electron chi connectivity index (χ2n) is 2.24. The predicted octanol–water partition coefficient (Wildman–Crippen LogP) is 1.05. The summed E-state index contributed by atoms with van der Waals surface area (Å²) < 4.78 is 16.9. The standard InChI is InChI=1S/C6H9FO2/c1-4(7)5-2-3-6(8)9-5/h4-5H,2-3H2,1H3/t4-,5-/m1/s1. The minimum Gasteiger partial charge on any atom is -0.459 e. The van der Waals surface area contributed by atoms with Gasteiger partial charge in [0.25, 0.3) is 0 Å². The van der Waals surface area contributed by atoms with Crippen LogP contribution in [0.1, 0.15) is 19.8 Å². The summed E-state index contributed by atoms with van der Waals surface area (Å²) in [4.78, 5) is 10.4. The zero-order chi connectivity index (χ0) is 6.85. The molecule has 2 nitrogen and oxygen atoms in total. The van der Waals surface area contributed by atoms with Crippen molar-refractivity contribution in [2.24, 2.45) is 0 Å². The molecule has 0 saturated carbocycles. The molecule has 1 heterocycles. The third-order valence-corrected chi connectivity index (χ3v) is 1.43. The van der Waals surface area contributed by atoms with E-state index in [0.29, 0.717) is 12.8 Å². The number of rotatable bonds is 1. The second kappa shape index (κ2) is 2.33. The Bertz CT molecular complexity index is 122. The Kier molecular flexibility index (Phi) is 1.69. The van der Waals surface area contributed by atoms with E-state index in [1.54, 1.807) is 0 Å². The van der Waals surface area contributed by atoms with Crippen molar-refractivity contribution in [2.75, 3.05) is 0 Å². The van der Waals surface area contributed by atoms with Crippen LogP contribution >= 0.6 is 0 Å². The number of carbonyl (C=O) groups is 1. The molecule has 0 aliphatic carbocycles. The van der Waals surface area contributed by atoms with Gasteiger partial charge in [-0.05, 0) is 13.3 Å². The fourth-order valence-corrected chi connectivity index (χ4v) is 0.870. The molecule has 1 aliphatic heterocycles. The van der Waals surface area contributed by atoms with Gasteiger partial charge in [0.15, 0.2) is 0 Å². The molecular formula is C6H9FO2. The third kappa shape index (κ3) is 1.40. The Morgan fingerprint density at radius 3 is 2.78 bits per heavy atom. The first-order valence-electron chi connectivity index (χ1n) is 3.03. The largest absolute Gasteiger partial charge is 0.459 e. The maximum absolute atomic E-state index is 12.3. The average molecular weight is 132 g/mol. The number of cyclic esters (lactones) is 1. The van der Waals surface area contributed by atoms with Crippen LogP contribution in [0.4, 0.5) is 4.39 Å². The Morgan fingerprint density at radius 1 is 1.89 bits per heavy atom. The van der Waals surface area contributed by atoms with Crippen molar-refractivity contribution in [3.05, 3.63) is 0 Å². The van der Waals surface area contributed by atoms with Gasteiger partial charge in [0.1, 0.15) is 12.3 Å². The smallest absolute Gasteiger partial charge is 0.306 e. The molecule has 1 fully saturated rings. The van der Waals surface area contributed by atoms with E-state index in [-0.39, 0.29) is 5.97 Å². The lowest BCUT2D eigenvalue weighted by atomic mass is 10.2. The quantitative estimate of drug-likeness (QED) is 0.498. The Balaban J connectivity index is 2.39. The topological polar surface area (TPSA) is 26.3 Å². The summed E-state index contributed by atoms with van der Waals surface area (Å²) >= 11 is 0. The molecule has 0 unspecified atom stereocenters. The molecule has 1 aliphatic rings. The third-order valence-electron chi connectivity index (χ3n) is 1.43. The fourth-order valence-electron chi connectivity index (χ4n) is 0.870. The van der Waals surface area contributed by atoms with Crippen molar-refractivity contribution in [3.8, 4) is 0 Å². The number of hydrogen-bond acceptors (Lipinski definition) is 2. The zero-order valence-electron chi connectivity index (χ0n) is 5.26. The molecule has 0 aromatic heterocycles. The highest BCUT2D eigenvalue weighted by atomic mass is 19.1. The van der Waals surface area contributed by atoms with E-state index in [2.05, 4.69) is 4.74 Å². The van der Waals surface area contributed by atoms with Gasteiger partial charge in [-0.15, -0.1) is 0 Å². The summed E-state index contributed by atoms with van der Waals surface area (Å²) in [6.07, 6.45) is -0.580. The van der Waals surface area contributed by atoms with Crippen LogP contribution in [0.25, 0.3) is 0 Å². The number of hydrogen-bond donors (Lipinski definition) is 0. The molecule has 1 rings (SSSR count). The monoisotopic (exact) mass is 132 g/mol. The van der Waals surface area contributed by atoms with Crippen molar-refractivity contribution in [1.29, 1.82) is 0 Å². The molecule has 0 N–H and O–H groups in total. The van der Waals surface area contributed by atoms with Crippen LogP contribution < -0.4 is 0 Å². The van der Waals surface area contributed by atoms with Crippen molar-refractivity contribution in [3.63, 3.8) is 0 Å². The summed E-state index contributed by atoms with van der Waals surface area (Å²) in [6.45, 7) is 1.41. The summed E-state index contributed by atoms with van der Waals surface area (Å²) in [5.41, 5.74) is 0. The molecule has 0 radical (unpaired) electrons. The van der Waals surface area contributed by atoms with Gasteiger partial charge in [0.05, 0.1) is 0 Å². The van der Waals surface area contributed by atoms with Crippen LogP contribution in [0, 0.1) is 0 Å². The summed E-state index contributed by atoms with van der Waals surface area (Å²) in [5, 5.41) is 0. The lowest BCUT2D eigenvalue weighted by molar-refractivity contribution is -0.143. The van der Waals surface area contributed by atoms with Crippen molar-refractivity contribution in [1.82, 2.24) is 0 Å². The zero-order valence-corrected chi connectivity index (χ0v) is 5.26. The minimum absolute atomic E-state index is 0.274. The molecule has 52 valence electrons. The van der Waals surface area contributed by atoms with Gasteiger partial charge in [-0.3, -0.25) is 4.79 Å². The van der Waals surface area contributed by atoms with Crippen molar-refractivity contribution in [2.45, 2.75) is 32.0 Å². The molecule has 3 heteroatoms. The highest BCUT2D eigenvalue weighted by Gasteiger charge is 2.27. The van der Waals surface area contributed by atoms with E-state index in [0.717, 1.165) is 0 Å². The first-order chi connectivity index (χ1) is 4.20. The molecule has 0 bridgehead atoms. The summed E-state index contributed by atoms with van der Waals surface area (Å²) in [5.74, 6) is -0.274. The summed E-state index contributed by atoms with van der Waals surface area (Å²) in [7, 11) is 0. The Labute approximate surface area is 53.0 Å². The van der Waals surface area contributed by atoms with Crippen LogP contribution in [0.5, 0.6) is 0 Å². The van der Waals surface area contributed by atoms with Crippen LogP contribution in [-0.4, -0.2) is 18.2 Å². The lowest BCUT2D eigenvalue weighted by Crippen LogP contribution is -2.17. The van der Waals surface area contributed by atoms with E-state index < -0.39 is 12.3 Å². The predicted molar refractivity (Wildman–Crippen MR) is 29.7 cm³/mol. The van der Waals surface area contributed by atoms with E-state index >= 15 is 0 Å². The second-order valence-corrected chi connectivity index (χ2v) is 2.24. The molecule has 0 aromatic rings. The minimum atomic E-state index is -1.02. The van der Waals surface area contributed by atoms with Gasteiger partial charge in [-0.1, -0.05) is 0 Å². The highest BCUT2D eigenvalue weighted by molar-refractivity contribution is 5.71. The molecule has 0 aromatic carbocycles. The van der Waals surface area contributed by atoms with Gasteiger partial charge < -0.3 is 4.74 Å². The van der Waals surface area contributed by atoms with E-state index in [1.807, 2.05) is 0 Å². The van der Waals surface area contributed by atoms with E-state index in [9.17, 15) is 9.18 Å². The first-order valence-corrected chi connectivity index (χ1v) is 3.03. The first kappa shape index (κ1) is 6.52. The van der Waals surface area contributed by atoms with Gasteiger partial charge >= 0.3 is 5.97 Å².